The zero-order chi connectivity index (χ0) is 15.5. The standard InChI is InChI=1S/C14H24N4O2S/c1-16(2)7-8-17-9-11-18(12-10-17)21(19,20)14-6-4-3-5-13(14)15/h3-6H,7-12,15H2,1-2H3. The van der Waals surface area contributed by atoms with Gasteiger partial charge in [-0.05, 0) is 26.2 Å². The Bertz CT molecular complexity index is 566. The van der Waals surface area contributed by atoms with Crippen LogP contribution in [0.4, 0.5) is 5.69 Å². The van der Waals surface area contributed by atoms with Crippen molar-refractivity contribution in [2.75, 3.05) is 59.1 Å². The van der Waals surface area contributed by atoms with Crippen LogP contribution >= 0.6 is 0 Å². The van der Waals surface area contributed by atoms with Crippen LogP contribution in [0.3, 0.4) is 0 Å². The third-order valence-corrected chi connectivity index (χ3v) is 5.70. The molecule has 1 aliphatic rings. The maximum absolute atomic E-state index is 12.6. The van der Waals surface area contributed by atoms with E-state index in [4.69, 9.17) is 5.73 Å². The maximum Gasteiger partial charge on any atom is 0.245 e. The van der Waals surface area contributed by atoms with E-state index in [-0.39, 0.29) is 4.90 Å². The van der Waals surface area contributed by atoms with E-state index < -0.39 is 10.0 Å². The van der Waals surface area contributed by atoms with Crippen molar-refractivity contribution in [1.82, 2.24) is 14.1 Å². The van der Waals surface area contributed by atoms with Gasteiger partial charge in [0, 0.05) is 39.3 Å². The second kappa shape index (κ2) is 6.74. The van der Waals surface area contributed by atoms with Gasteiger partial charge in [0.1, 0.15) is 4.90 Å². The monoisotopic (exact) mass is 312 g/mol. The molecule has 0 aromatic heterocycles. The van der Waals surface area contributed by atoms with Crippen LogP contribution < -0.4 is 5.73 Å². The van der Waals surface area contributed by atoms with Crippen LogP contribution in [-0.4, -0.2) is 75.9 Å². The van der Waals surface area contributed by atoms with Crippen LogP contribution in [-0.2, 0) is 10.0 Å². The second-order valence-corrected chi connectivity index (χ2v) is 7.49. The largest absolute Gasteiger partial charge is 0.398 e. The first-order chi connectivity index (χ1) is 9.91. The van der Waals surface area contributed by atoms with Gasteiger partial charge < -0.3 is 10.6 Å². The lowest BCUT2D eigenvalue weighted by Crippen LogP contribution is -2.49. The Morgan fingerprint density at radius 3 is 2.33 bits per heavy atom. The lowest BCUT2D eigenvalue weighted by molar-refractivity contribution is 0.174. The smallest absolute Gasteiger partial charge is 0.245 e. The zero-order valence-corrected chi connectivity index (χ0v) is 13.5. The number of nitrogens with zero attached hydrogens (tertiary/aromatic N) is 3. The van der Waals surface area contributed by atoms with E-state index in [1.54, 1.807) is 24.3 Å². The van der Waals surface area contributed by atoms with Crippen molar-refractivity contribution in [3.8, 4) is 0 Å². The molecule has 1 saturated heterocycles. The molecule has 0 amide bonds. The van der Waals surface area contributed by atoms with Crippen LogP contribution in [0.15, 0.2) is 29.2 Å². The van der Waals surface area contributed by atoms with Gasteiger partial charge in [-0.2, -0.15) is 4.31 Å². The Hall–Kier alpha value is -1.15. The number of piperazine rings is 1. The molecular formula is C14H24N4O2S. The molecule has 1 heterocycles. The summed E-state index contributed by atoms with van der Waals surface area (Å²) >= 11 is 0. The normalized spacial score (nSPS) is 18.2. The molecule has 21 heavy (non-hydrogen) atoms. The van der Waals surface area contributed by atoms with Gasteiger partial charge in [0.15, 0.2) is 0 Å². The van der Waals surface area contributed by atoms with Crippen molar-refractivity contribution < 1.29 is 8.42 Å². The van der Waals surface area contributed by atoms with Crippen LogP contribution in [0.25, 0.3) is 0 Å². The molecule has 2 rings (SSSR count). The molecule has 0 saturated carbocycles. The Morgan fingerprint density at radius 1 is 1.14 bits per heavy atom. The molecule has 0 aliphatic carbocycles. The summed E-state index contributed by atoms with van der Waals surface area (Å²) in [5, 5.41) is 0. The van der Waals surface area contributed by atoms with E-state index >= 15 is 0 Å². The summed E-state index contributed by atoms with van der Waals surface area (Å²) in [6.07, 6.45) is 0. The van der Waals surface area contributed by atoms with E-state index in [2.05, 4.69) is 9.80 Å². The number of para-hydroxylation sites is 1. The zero-order valence-electron chi connectivity index (χ0n) is 12.7. The Kier molecular flexibility index (Phi) is 5.21. The second-order valence-electron chi connectivity index (χ2n) is 5.59. The van der Waals surface area contributed by atoms with Crippen LogP contribution in [0.1, 0.15) is 0 Å². The van der Waals surface area contributed by atoms with Crippen molar-refractivity contribution in [3.05, 3.63) is 24.3 Å². The summed E-state index contributed by atoms with van der Waals surface area (Å²) in [6.45, 7) is 4.51. The molecule has 118 valence electrons. The van der Waals surface area contributed by atoms with Crippen molar-refractivity contribution in [1.29, 1.82) is 0 Å². The SMILES string of the molecule is CN(C)CCN1CCN(S(=O)(=O)c2ccccc2N)CC1. The molecular weight excluding hydrogens is 288 g/mol. The third kappa shape index (κ3) is 3.94. The molecule has 2 N–H and O–H groups in total. The predicted octanol–water partition coefficient (Wildman–Crippen LogP) is 0.137. The highest BCUT2D eigenvalue weighted by molar-refractivity contribution is 7.89. The highest BCUT2D eigenvalue weighted by Gasteiger charge is 2.29. The minimum absolute atomic E-state index is 0.215. The molecule has 1 aromatic carbocycles. The van der Waals surface area contributed by atoms with Crippen molar-refractivity contribution >= 4 is 15.7 Å². The number of rotatable bonds is 5. The summed E-state index contributed by atoms with van der Waals surface area (Å²) in [7, 11) is 0.605. The van der Waals surface area contributed by atoms with Gasteiger partial charge in [0.2, 0.25) is 10.0 Å². The average Bonchev–Trinajstić information content (AvgIpc) is 2.46. The number of benzene rings is 1. The molecule has 1 aromatic rings. The van der Waals surface area contributed by atoms with Crippen molar-refractivity contribution in [2.24, 2.45) is 0 Å². The van der Waals surface area contributed by atoms with E-state index in [9.17, 15) is 8.42 Å². The van der Waals surface area contributed by atoms with E-state index in [0.717, 1.165) is 26.2 Å². The van der Waals surface area contributed by atoms with Gasteiger partial charge in [-0.3, -0.25) is 4.90 Å². The number of hydrogen-bond donors (Lipinski definition) is 1. The quantitative estimate of drug-likeness (QED) is 0.783. The summed E-state index contributed by atoms with van der Waals surface area (Å²) in [5.41, 5.74) is 6.11. The van der Waals surface area contributed by atoms with Gasteiger partial charge in [0.25, 0.3) is 0 Å². The molecule has 6 nitrogen and oxygen atoms in total. The van der Waals surface area contributed by atoms with Gasteiger partial charge >= 0.3 is 0 Å². The fraction of sp³-hybridized carbons (Fsp3) is 0.571. The molecule has 0 unspecified atom stereocenters. The van der Waals surface area contributed by atoms with E-state index in [0.29, 0.717) is 18.8 Å². The minimum Gasteiger partial charge on any atom is -0.398 e. The van der Waals surface area contributed by atoms with Gasteiger partial charge in [-0.25, -0.2) is 8.42 Å². The first-order valence-corrected chi connectivity index (χ1v) is 8.57. The van der Waals surface area contributed by atoms with Gasteiger partial charge in [0.05, 0.1) is 5.69 Å². The Morgan fingerprint density at radius 2 is 1.76 bits per heavy atom. The molecule has 0 spiro atoms. The first kappa shape index (κ1) is 16.2. The van der Waals surface area contributed by atoms with Crippen LogP contribution in [0.5, 0.6) is 0 Å². The number of nitrogen functional groups attached to an aromatic ring is 1. The number of likely N-dealkylation sites (N-methyl/N-ethyl adjacent to an activating group) is 1. The average molecular weight is 312 g/mol. The van der Waals surface area contributed by atoms with Crippen LogP contribution in [0, 0.1) is 0 Å². The van der Waals surface area contributed by atoms with Crippen molar-refractivity contribution in [3.63, 3.8) is 0 Å². The highest BCUT2D eigenvalue weighted by atomic mass is 32.2. The third-order valence-electron chi connectivity index (χ3n) is 3.73. The van der Waals surface area contributed by atoms with Crippen LogP contribution in [0.2, 0.25) is 0 Å². The van der Waals surface area contributed by atoms with Gasteiger partial charge in [-0.1, -0.05) is 12.1 Å². The predicted molar refractivity (Wildman–Crippen MR) is 84.6 cm³/mol. The molecule has 1 aliphatic heterocycles. The van der Waals surface area contributed by atoms with Gasteiger partial charge in [-0.15, -0.1) is 0 Å². The number of hydrogen-bond acceptors (Lipinski definition) is 5. The fourth-order valence-electron chi connectivity index (χ4n) is 2.39. The topological polar surface area (TPSA) is 69.9 Å². The number of nitrogens with two attached hydrogens (primary N) is 1. The molecule has 0 radical (unpaired) electrons. The highest BCUT2D eigenvalue weighted by Crippen LogP contribution is 2.22. The lowest BCUT2D eigenvalue weighted by atomic mass is 10.3. The summed E-state index contributed by atoms with van der Waals surface area (Å²) in [6, 6.07) is 6.65. The molecule has 0 bridgehead atoms. The molecule has 7 heteroatoms. The first-order valence-electron chi connectivity index (χ1n) is 7.13. The van der Waals surface area contributed by atoms with E-state index in [1.807, 2.05) is 14.1 Å². The van der Waals surface area contributed by atoms with E-state index in [1.165, 1.54) is 4.31 Å². The Labute approximate surface area is 127 Å². The lowest BCUT2D eigenvalue weighted by Gasteiger charge is -2.34. The molecule has 1 fully saturated rings. The number of sulfonamides is 1. The summed E-state index contributed by atoms with van der Waals surface area (Å²) in [5.74, 6) is 0. The summed E-state index contributed by atoms with van der Waals surface area (Å²) in [4.78, 5) is 4.64. The fourth-order valence-corrected chi connectivity index (χ4v) is 3.93. The van der Waals surface area contributed by atoms with Crippen molar-refractivity contribution in [2.45, 2.75) is 4.90 Å². The summed E-state index contributed by atoms with van der Waals surface area (Å²) < 4.78 is 26.7. The Balaban J connectivity index is 2.00. The minimum atomic E-state index is -3.48. The molecule has 0 atom stereocenters. The maximum atomic E-state index is 12.6. The number of anilines is 1.